The van der Waals surface area contributed by atoms with Crippen LogP contribution in [-0.2, 0) is 4.79 Å². The summed E-state index contributed by atoms with van der Waals surface area (Å²) in [7, 11) is 0. The van der Waals surface area contributed by atoms with Crippen LogP contribution in [0.25, 0.3) is 0 Å². The topological polar surface area (TPSA) is 37.4 Å². The molecule has 0 radical (unpaired) electrons. The molecular formula is C18H13Cl2NO2. The lowest BCUT2D eigenvalue weighted by Crippen LogP contribution is -2.31. The molecule has 1 heterocycles. The van der Waals surface area contributed by atoms with Crippen LogP contribution in [0.2, 0.25) is 10.0 Å². The molecule has 116 valence electrons. The number of hydrogen-bond acceptors (Lipinski definition) is 2. The number of hydrogen-bond donors (Lipinski definition) is 0. The number of benzene rings is 2. The van der Waals surface area contributed by atoms with Gasteiger partial charge in [0, 0.05) is 6.54 Å². The average molecular weight is 346 g/mol. The molecule has 1 fully saturated rings. The number of fused-ring (bicyclic) bond motifs is 1. The van der Waals surface area contributed by atoms with Crippen molar-refractivity contribution in [1.82, 2.24) is 0 Å². The van der Waals surface area contributed by atoms with E-state index in [1.807, 2.05) is 24.3 Å². The summed E-state index contributed by atoms with van der Waals surface area (Å²) in [5.74, 6) is -0.131. The van der Waals surface area contributed by atoms with E-state index in [1.54, 1.807) is 23.1 Å². The van der Waals surface area contributed by atoms with Gasteiger partial charge in [0.2, 0.25) is 0 Å². The van der Waals surface area contributed by atoms with E-state index < -0.39 is 11.7 Å². The van der Waals surface area contributed by atoms with Gasteiger partial charge in [-0.05, 0) is 48.1 Å². The normalized spacial score (nSPS) is 22.4. The van der Waals surface area contributed by atoms with E-state index in [9.17, 15) is 9.59 Å². The third kappa shape index (κ3) is 2.44. The Morgan fingerprint density at radius 2 is 1.83 bits per heavy atom. The van der Waals surface area contributed by atoms with Gasteiger partial charge in [-0.1, -0.05) is 41.4 Å². The highest BCUT2D eigenvalue weighted by Crippen LogP contribution is 2.49. The lowest BCUT2D eigenvalue weighted by atomic mass is 10.1. The van der Waals surface area contributed by atoms with Gasteiger partial charge in [0.1, 0.15) is 0 Å². The Kier molecular flexibility index (Phi) is 3.43. The molecule has 2 aromatic rings. The fourth-order valence-electron chi connectivity index (χ4n) is 3.26. The summed E-state index contributed by atoms with van der Waals surface area (Å²) in [5.41, 5.74) is 2.36. The first-order valence-electron chi connectivity index (χ1n) is 7.46. The number of rotatable bonds is 3. The molecule has 2 atom stereocenters. The second-order valence-electron chi connectivity index (χ2n) is 6.04. The minimum atomic E-state index is -0.425. The largest absolute Gasteiger partial charge is 0.304 e. The van der Waals surface area contributed by atoms with Crippen molar-refractivity contribution in [2.75, 3.05) is 11.4 Å². The van der Waals surface area contributed by atoms with Crippen LogP contribution >= 0.6 is 23.2 Å². The van der Waals surface area contributed by atoms with Crippen molar-refractivity contribution >= 4 is 40.6 Å². The fraction of sp³-hybridized carbons (Fsp3) is 0.222. The molecular weight excluding hydrogens is 333 g/mol. The Bertz CT molecular complexity index is 834. The Balaban J connectivity index is 1.53. The van der Waals surface area contributed by atoms with Gasteiger partial charge < -0.3 is 4.90 Å². The number of amides is 1. The van der Waals surface area contributed by atoms with Gasteiger partial charge in [0.05, 0.1) is 21.3 Å². The van der Waals surface area contributed by atoms with Crippen LogP contribution in [0.5, 0.6) is 0 Å². The number of Topliss-reactive ketones (excluding diaryl/α,β-unsaturated/α-hetero) is 1. The van der Waals surface area contributed by atoms with Crippen LogP contribution in [0.3, 0.4) is 0 Å². The summed E-state index contributed by atoms with van der Waals surface area (Å²) < 4.78 is 0. The highest BCUT2D eigenvalue weighted by Gasteiger charge is 2.44. The van der Waals surface area contributed by atoms with Gasteiger partial charge in [0.15, 0.2) is 0 Å². The minimum Gasteiger partial charge on any atom is -0.304 e. The van der Waals surface area contributed by atoms with Gasteiger partial charge >= 0.3 is 0 Å². The minimum absolute atomic E-state index is 0.343. The predicted molar refractivity (Wildman–Crippen MR) is 90.4 cm³/mol. The summed E-state index contributed by atoms with van der Waals surface area (Å²) in [6.45, 7) is 0.562. The Hall–Kier alpha value is -1.84. The molecule has 0 aromatic heterocycles. The van der Waals surface area contributed by atoms with Crippen molar-refractivity contribution in [1.29, 1.82) is 0 Å². The van der Waals surface area contributed by atoms with Crippen LogP contribution in [0.4, 0.5) is 5.69 Å². The van der Waals surface area contributed by atoms with Crippen LogP contribution in [0.1, 0.15) is 28.3 Å². The number of halogens is 2. The SMILES string of the molecule is O=C1C(=O)N(CC2CC2c2ccc(Cl)c(Cl)c2)c2ccccc21. The second kappa shape index (κ2) is 5.36. The average Bonchev–Trinajstić information content (AvgIpc) is 3.28. The van der Waals surface area contributed by atoms with Crippen molar-refractivity contribution in [3.05, 3.63) is 63.6 Å². The first-order chi connectivity index (χ1) is 11.1. The van der Waals surface area contributed by atoms with Crippen molar-refractivity contribution in [3.63, 3.8) is 0 Å². The molecule has 0 bridgehead atoms. The molecule has 1 amide bonds. The van der Waals surface area contributed by atoms with E-state index in [0.29, 0.717) is 34.0 Å². The first-order valence-corrected chi connectivity index (χ1v) is 8.22. The molecule has 2 aliphatic rings. The Morgan fingerprint density at radius 1 is 1.04 bits per heavy atom. The highest BCUT2D eigenvalue weighted by atomic mass is 35.5. The van der Waals surface area contributed by atoms with Crippen molar-refractivity contribution in [2.45, 2.75) is 12.3 Å². The summed E-state index contributed by atoms with van der Waals surface area (Å²) in [5, 5.41) is 1.09. The fourth-order valence-corrected chi connectivity index (χ4v) is 3.57. The van der Waals surface area contributed by atoms with Crippen molar-refractivity contribution in [3.8, 4) is 0 Å². The molecule has 3 nitrogen and oxygen atoms in total. The predicted octanol–water partition coefficient (Wildman–Crippen LogP) is 4.33. The van der Waals surface area contributed by atoms with Crippen molar-refractivity contribution < 1.29 is 9.59 Å². The van der Waals surface area contributed by atoms with E-state index in [1.165, 1.54) is 0 Å². The van der Waals surface area contributed by atoms with Crippen LogP contribution in [-0.4, -0.2) is 18.2 Å². The maximum atomic E-state index is 12.2. The Labute approximate surface area is 143 Å². The highest BCUT2D eigenvalue weighted by molar-refractivity contribution is 6.52. The van der Waals surface area contributed by atoms with E-state index in [4.69, 9.17) is 23.2 Å². The van der Waals surface area contributed by atoms with E-state index in [2.05, 4.69) is 0 Å². The zero-order valence-electron chi connectivity index (χ0n) is 12.1. The molecule has 0 spiro atoms. The molecule has 23 heavy (non-hydrogen) atoms. The number of carbonyl (C=O) groups excluding carboxylic acids is 2. The monoisotopic (exact) mass is 345 g/mol. The van der Waals surface area contributed by atoms with Crippen LogP contribution in [0.15, 0.2) is 42.5 Å². The number of nitrogens with zero attached hydrogens (tertiary/aromatic N) is 1. The molecule has 5 heteroatoms. The molecule has 2 aromatic carbocycles. The summed E-state index contributed by atoms with van der Waals surface area (Å²) in [6.07, 6.45) is 0.984. The second-order valence-corrected chi connectivity index (χ2v) is 6.85. The van der Waals surface area contributed by atoms with Gasteiger partial charge in [-0.2, -0.15) is 0 Å². The molecule has 1 aliphatic carbocycles. The van der Waals surface area contributed by atoms with Crippen LogP contribution in [0, 0.1) is 5.92 Å². The van der Waals surface area contributed by atoms with Crippen LogP contribution < -0.4 is 4.90 Å². The zero-order valence-corrected chi connectivity index (χ0v) is 13.6. The molecule has 0 saturated heterocycles. The number of anilines is 1. The van der Waals surface area contributed by atoms with Crippen molar-refractivity contribution in [2.24, 2.45) is 5.92 Å². The molecule has 2 unspecified atom stereocenters. The third-order valence-electron chi connectivity index (χ3n) is 4.59. The number of para-hydroxylation sites is 1. The molecule has 1 aliphatic heterocycles. The standard InChI is InChI=1S/C18H13Cl2NO2/c19-14-6-5-10(8-15(14)20)13-7-11(13)9-21-16-4-2-1-3-12(16)17(22)18(21)23/h1-6,8,11,13H,7,9H2. The van der Waals surface area contributed by atoms with E-state index in [-0.39, 0.29) is 0 Å². The maximum absolute atomic E-state index is 12.2. The third-order valence-corrected chi connectivity index (χ3v) is 5.33. The van der Waals surface area contributed by atoms with Gasteiger partial charge in [0.25, 0.3) is 11.7 Å². The molecule has 1 saturated carbocycles. The number of ketones is 1. The summed E-state index contributed by atoms with van der Waals surface area (Å²) >= 11 is 12.0. The maximum Gasteiger partial charge on any atom is 0.299 e. The smallest absolute Gasteiger partial charge is 0.299 e. The quantitative estimate of drug-likeness (QED) is 0.776. The van der Waals surface area contributed by atoms with Gasteiger partial charge in [-0.25, -0.2) is 0 Å². The van der Waals surface area contributed by atoms with E-state index in [0.717, 1.165) is 17.7 Å². The van der Waals surface area contributed by atoms with Gasteiger partial charge in [-0.15, -0.1) is 0 Å². The molecule has 4 rings (SSSR count). The molecule has 0 N–H and O–H groups in total. The number of carbonyl (C=O) groups is 2. The lowest BCUT2D eigenvalue weighted by Gasteiger charge is -2.16. The summed E-state index contributed by atoms with van der Waals surface area (Å²) in [6, 6.07) is 12.8. The summed E-state index contributed by atoms with van der Waals surface area (Å²) in [4.78, 5) is 25.8. The van der Waals surface area contributed by atoms with E-state index >= 15 is 0 Å². The Morgan fingerprint density at radius 3 is 2.61 bits per heavy atom. The van der Waals surface area contributed by atoms with Gasteiger partial charge in [-0.3, -0.25) is 9.59 Å². The lowest BCUT2D eigenvalue weighted by molar-refractivity contribution is -0.114. The first kappa shape index (κ1) is 14.7. The zero-order chi connectivity index (χ0) is 16.1.